The smallest absolute Gasteiger partial charge is 0.267 e. The average Bonchev–Trinajstić information content (AvgIpc) is 3.24. The molecular formula is C32H39N4O6P. The van der Waals surface area contributed by atoms with Gasteiger partial charge in [-0.15, -0.1) is 0 Å². The van der Waals surface area contributed by atoms with Crippen LogP contribution in [0.25, 0.3) is 10.8 Å². The summed E-state index contributed by atoms with van der Waals surface area (Å²) >= 11 is 0. The van der Waals surface area contributed by atoms with Crippen molar-refractivity contribution in [3.05, 3.63) is 83.4 Å². The number of benzene rings is 3. The third-order valence-electron chi connectivity index (χ3n) is 7.97. The first kappa shape index (κ1) is 32.2. The maximum Gasteiger partial charge on any atom is 0.267 e. The predicted octanol–water partition coefficient (Wildman–Crippen LogP) is 3.88. The number of nitrogens with zero attached hydrogens (tertiary/aromatic N) is 1. The van der Waals surface area contributed by atoms with E-state index in [0.717, 1.165) is 21.2 Å². The zero-order chi connectivity index (χ0) is 31.1. The van der Waals surface area contributed by atoms with E-state index in [9.17, 15) is 28.6 Å². The molecule has 228 valence electrons. The first-order valence-electron chi connectivity index (χ1n) is 14.6. The van der Waals surface area contributed by atoms with Gasteiger partial charge in [0, 0.05) is 12.7 Å². The number of amides is 4. The van der Waals surface area contributed by atoms with Gasteiger partial charge in [0.1, 0.15) is 0 Å². The molecule has 0 saturated carbocycles. The number of hydrogen-bond donors (Lipinski definition) is 4. The van der Waals surface area contributed by atoms with Crippen molar-refractivity contribution in [3.8, 4) is 0 Å². The molecule has 3 aromatic rings. The fraction of sp³-hybridized carbons (Fsp3) is 0.375. The van der Waals surface area contributed by atoms with Crippen molar-refractivity contribution in [2.24, 2.45) is 5.92 Å². The van der Waals surface area contributed by atoms with Gasteiger partial charge in [0.05, 0.1) is 23.2 Å². The van der Waals surface area contributed by atoms with Gasteiger partial charge in [0.25, 0.3) is 19.3 Å². The molecule has 43 heavy (non-hydrogen) atoms. The molecule has 0 aliphatic carbocycles. The second-order valence-corrected chi connectivity index (χ2v) is 13.1. The SMILES string of the molecule is CC[C@H](C)[C@H](NP(=O)(O)CCCCN1C(=O)c2ccccc2C1=O)C(=O)NC(=O)[C@H](Cc1ccc2ccccc2c1)NC. The molecule has 0 saturated heterocycles. The lowest BCUT2D eigenvalue weighted by Gasteiger charge is -2.27. The van der Waals surface area contributed by atoms with Crippen LogP contribution in [0.3, 0.4) is 0 Å². The van der Waals surface area contributed by atoms with E-state index in [2.05, 4.69) is 15.7 Å². The Bertz CT molecular complexity index is 1520. The molecule has 0 bridgehead atoms. The quantitative estimate of drug-likeness (QED) is 0.123. The normalized spacial score (nSPS) is 16.4. The number of fused-ring (bicyclic) bond motifs is 2. The Morgan fingerprint density at radius 3 is 2.16 bits per heavy atom. The van der Waals surface area contributed by atoms with Crippen LogP contribution >= 0.6 is 7.52 Å². The summed E-state index contributed by atoms with van der Waals surface area (Å²) in [5, 5.41) is 10.2. The molecule has 4 rings (SSSR count). The van der Waals surface area contributed by atoms with Gasteiger partial charge in [0.15, 0.2) is 0 Å². The number of rotatable bonds is 14. The molecule has 4 atom stereocenters. The minimum Gasteiger partial charge on any atom is -0.333 e. The van der Waals surface area contributed by atoms with E-state index in [1.165, 1.54) is 0 Å². The van der Waals surface area contributed by atoms with Crippen molar-refractivity contribution in [3.63, 3.8) is 0 Å². The standard InChI is InChI=1S/C32H39N4O6P/c1-4-21(2)28(30(38)34-29(37)27(33-3)20-22-15-16-23-11-5-6-12-24(23)19-22)35-43(41,42)18-10-9-17-36-31(39)25-13-7-8-14-26(25)32(36)40/h5-8,11-16,19,21,27-28,33H,4,9-10,17-18,20H2,1-3H3,(H,34,37,38)(H2,35,41,42)/t21-,27-,28-/m0/s1. The molecule has 4 amide bonds. The minimum absolute atomic E-state index is 0.124. The van der Waals surface area contributed by atoms with Crippen LogP contribution in [-0.4, -0.2) is 65.3 Å². The van der Waals surface area contributed by atoms with Gasteiger partial charge in [-0.25, -0.2) is 5.09 Å². The van der Waals surface area contributed by atoms with Crippen LogP contribution in [0.2, 0.25) is 0 Å². The highest BCUT2D eigenvalue weighted by Gasteiger charge is 2.35. The third-order valence-corrected chi connectivity index (χ3v) is 9.58. The van der Waals surface area contributed by atoms with Crippen molar-refractivity contribution >= 4 is 41.9 Å². The second kappa shape index (κ2) is 14.2. The first-order valence-corrected chi connectivity index (χ1v) is 16.4. The summed E-state index contributed by atoms with van der Waals surface area (Å²) in [7, 11) is -2.36. The number of imide groups is 2. The van der Waals surface area contributed by atoms with Gasteiger partial charge >= 0.3 is 0 Å². The maximum absolute atomic E-state index is 13.2. The molecule has 3 aromatic carbocycles. The summed E-state index contributed by atoms with van der Waals surface area (Å²) in [6, 6.07) is 18.7. The summed E-state index contributed by atoms with van der Waals surface area (Å²) in [4.78, 5) is 63.3. The van der Waals surface area contributed by atoms with Crippen LogP contribution in [0, 0.1) is 5.92 Å². The fourth-order valence-electron chi connectivity index (χ4n) is 5.21. The van der Waals surface area contributed by atoms with Crippen molar-refractivity contribution in [1.29, 1.82) is 0 Å². The van der Waals surface area contributed by atoms with Gasteiger partial charge in [-0.2, -0.15) is 0 Å². The van der Waals surface area contributed by atoms with Crippen molar-refractivity contribution in [1.82, 2.24) is 20.6 Å². The fourth-order valence-corrected chi connectivity index (χ4v) is 6.80. The van der Waals surface area contributed by atoms with Crippen LogP contribution in [-0.2, 0) is 20.6 Å². The van der Waals surface area contributed by atoms with Gasteiger partial charge in [-0.05, 0) is 60.7 Å². The van der Waals surface area contributed by atoms with E-state index in [-0.39, 0.29) is 36.9 Å². The second-order valence-electron chi connectivity index (χ2n) is 11.0. The monoisotopic (exact) mass is 606 g/mol. The van der Waals surface area contributed by atoms with E-state index < -0.39 is 31.4 Å². The van der Waals surface area contributed by atoms with E-state index in [1.54, 1.807) is 38.2 Å². The Morgan fingerprint density at radius 1 is 0.907 bits per heavy atom. The van der Waals surface area contributed by atoms with Crippen molar-refractivity contribution in [2.45, 2.75) is 51.6 Å². The number of likely N-dealkylation sites (N-methyl/N-ethyl adjacent to an activating group) is 1. The first-order chi connectivity index (χ1) is 20.5. The van der Waals surface area contributed by atoms with Crippen LogP contribution in [0.5, 0.6) is 0 Å². The average molecular weight is 607 g/mol. The topological polar surface area (TPSA) is 145 Å². The van der Waals surface area contributed by atoms with Crippen LogP contribution in [0.1, 0.15) is 59.4 Å². The molecule has 0 spiro atoms. The Morgan fingerprint density at radius 2 is 1.53 bits per heavy atom. The third kappa shape index (κ3) is 7.83. The highest BCUT2D eigenvalue weighted by molar-refractivity contribution is 7.55. The molecule has 0 fully saturated rings. The van der Waals surface area contributed by atoms with Crippen LogP contribution in [0.4, 0.5) is 0 Å². The number of unbranched alkanes of at least 4 members (excludes halogenated alkanes) is 1. The summed E-state index contributed by atoms with van der Waals surface area (Å²) in [5.74, 6) is -2.27. The zero-order valence-corrected chi connectivity index (χ0v) is 25.6. The Balaban J connectivity index is 1.31. The van der Waals surface area contributed by atoms with E-state index in [4.69, 9.17) is 0 Å². The molecule has 10 nitrogen and oxygen atoms in total. The van der Waals surface area contributed by atoms with Gasteiger partial charge in [0.2, 0.25) is 11.8 Å². The predicted molar refractivity (Wildman–Crippen MR) is 166 cm³/mol. The highest BCUT2D eigenvalue weighted by Crippen LogP contribution is 2.38. The number of carbonyl (C=O) groups is 4. The lowest BCUT2D eigenvalue weighted by molar-refractivity contribution is -0.133. The summed E-state index contributed by atoms with van der Waals surface area (Å²) in [6.07, 6.45) is 1.30. The lowest BCUT2D eigenvalue weighted by Crippen LogP contribution is -2.53. The minimum atomic E-state index is -4.00. The summed E-state index contributed by atoms with van der Waals surface area (Å²) in [5.41, 5.74) is 1.65. The molecule has 1 aliphatic rings. The number of hydrogen-bond acceptors (Lipinski definition) is 6. The summed E-state index contributed by atoms with van der Waals surface area (Å²) in [6.45, 7) is 3.75. The number of carbonyl (C=O) groups excluding carboxylic acids is 4. The maximum atomic E-state index is 13.2. The van der Waals surface area contributed by atoms with Crippen molar-refractivity contribution < 1.29 is 28.6 Å². The molecule has 1 heterocycles. The number of nitrogens with one attached hydrogen (secondary N) is 3. The molecule has 1 aliphatic heterocycles. The van der Waals surface area contributed by atoms with E-state index >= 15 is 0 Å². The van der Waals surface area contributed by atoms with Gasteiger partial charge < -0.3 is 10.2 Å². The molecule has 4 N–H and O–H groups in total. The van der Waals surface area contributed by atoms with Crippen LogP contribution < -0.4 is 15.7 Å². The molecular weight excluding hydrogens is 567 g/mol. The molecule has 1 unspecified atom stereocenters. The highest BCUT2D eigenvalue weighted by atomic mass is 31.2. The Hall–Kier alpha value is -3.69. The lowest BCUT2D eigenvalue weighted by atomic mass is 9.98. The van der Waals surface area contributed by atoms with E-state index in [0.29, 0.717) is 30.4 Å². The molecule has 0 radical (unpaired) electrons. The Kier molecular flexibility index (Phi) is 10.6. The zero-order valence-electron chi connectivity index (χ0n) is 24.7. The van der Waals surface area contributed by atoms with Gasteiger partial charge in [-0.1, -0.05) is 74.9 Å². The molecule has 0 aromatic heterocycles. The van der Waals surface area contributed by atoms with Gasteiger partial charge in [-0.3, -0.25) is 34.0 Å². The molecule has 11 heteroatoms. The van der Waals surface area contributed by atoms with Crippen molar-refractivity contribution in [2.75, 3.05) is 19.8 Å². The van der Waals surface area contributed by atoms with Crippen LogP contribution in [0.15, 0.2) is 66.7 Å². The largest absolute Gasteiger partial charge is 0.333 e. The summed E-state index contributed by atoms with van der Waals surface area (Å²) < 4.78 is 13.1. The van der Waals surface area contributed by atoms with E-state index in [1.807, 2.05) is 49.4 Å². The Labute approximate surface area is 251 Å².